The minimum atomic E-state index is -5.57. The van der Waals surface area contributed by atoms with Crippen molar-refractivity contribution < 1.29 is 80.5 Å². The molecular weight excluding hydrogens is 833 g/mol. The van der Waals surface area contributed by atoms with Crippen molar-refractivity contribution in [1.82, 2.24) is 30.2 Å². The van der Waals surface area contributed by atoms with E-state index in [0.29, 0.717) is 12.2 Å². The molecule has 1 fully saturated rings. The third-order valence-electron chi connectivity index (χ3n) is 7.75. The zero-order valence-electron chi connectivity index (χ0n) is 29.9. The van der Waals surface area contributed by atoms with Crippen LogP contribution in [-0.4, -0.2) is 129 Å². The Hall–Kier alpha value is -2.74. The summed E-state index contributed by atoms with van der Waals surface area (Å²) in [5.74, 6) is -1.17. The molecule has 25 nitrogen and oxygen atoms in total. The number of nitrogen functional groups attached to an aromatic ring is 1. The van der Waals surface area contributed by atoms with E-state index in [1.807, 2.05) is 0 Å². The molecule has 1 saturated heterocycles. The van der Waals surface area contributed by atoms with Gasteiger partial charge in [0.05, 0.1) is 19.5 Å². The van der Waals surface area contributed by atoms with Gasteiger partial charge in [-0.15, -0.1) is 6.58 Å². The molecule has 29 heteroatoms. The number of phosphoric ester groups is 3. The third kappa shape index (κ3) is 14.6. The Morgan fingerprint density at radius 2 is 1.77 bits per heavy atom. The molecule has 12 N–H and O–H groups in total. The van der Waals surface area contributed by atoms with Crippen LogP contribution in [0.1, 0.15) is 39.3 Å². The van der Waals surface area contributed by atoms with Gasteiger partial charge in [-0.3, -0.25) is 32.5 Å². The van der Waals surface area contributed by atoms with Crippen molar-refractivity contribution in [1.29, 1.82) is 0 Å². The zero-order chi connectivity index (χ0) is 42.1. The number of aliphatic hydroxyl groups excluding tert-OH is 2. The fourth-order valence-corrected chi connectivity index (χ4v) is 8.29. The number of fused-ring (bicyclic) bond motifs is 1. The van der Waals surface area contributed by atoms with E-state index in [-0.39, 0.29) is 54.1 Å². The van der Waals surface area contributed by atoms with Crippen molar-refractivity contribution in [2.75, 3.05) is 37.8 Å². The van der Waals surface area contributed by atoms with Gasteiger partial charge in [0.15, 0.2) is 22.8 Å². The average Bonchev–Trinajstić information content (AvgIpc) is 3.66. The molecule has 3 heterocycles. The second-order valence-electron chi connectivity index (χ2n) is 12.7. The zero-order valence-corrected chi connectivity index (χ0v) is 33.4. The highest BCUT2D eigenvalue weighted by Crippen LogP contribution is 2.61. The summed E-state index contributed by atoms with van der Waals surface area (Å²) in [6, 6.07) is -0.283. The van der Waals surface area contributed by atoms with Gasteiger partial charge in [0.25, 0.3) is 0 Å². The predicted molar refractivity (Wildman–Crippen MR) is 195 cm³/mol. The molecule has 2 amide bonds. The normalized spacial score (nSPS) is 22.2. The highest BCUT2D eigenvalue weighted by molar-refractivity contribution is 8.13. The van der Waals surface area contributed by atoms with Gasteiger partial charge >= 0.3 is 23.5 Å². The molecule has 0 saturated carbocycles. The largest absolute Gasteiger partial charge is 0.481 e. The summed E-state index contributed by atoms with van der Waals surface area (Å²) in [5, 5.41) is 26.2. The van der Waals surface area contributed by atoms with Crippen LogP contribution in [0, 0.1) is 5.41 Å². The number of ether oxygens (including phenoxy) is 1. The maximum Gasteiger partial charge on any atom is 0.481 e. The van der Waals surface area contributed by atoms with Crippen molar-refractivity contribution in [3.05, 3.63) is 25.3 Å². The molecule has 1 aliphatic rings. The summed E-state index contributed by atoms with van der Waals surface area (Å²) in [5.41, 5.74) is 9.92. The van der Waals surface area contributed by atoms with Crippen LogP contribution in [-0.2, 0) is 50.7 Å². The number of hydrogen-bond acceptors (Lipinski definition) is 19. The number of carbonyl (C=O) groups excluding carboxylic acids is 3. The number of aliphatic hydroxyl groups is 2. The fourth-order valence-electron chi connectivity index (χ4n) is 4.77. The number of phosphoric acid groups is 3. The predicted octanol–water partition coefficient (Wildman–Crippen LogP) is -1.04. The lowest BCUT2D eigenvalue weighted by atomic mass is 9.87. The standard InChI is InChI=1S/C27H45N8O17P3S/c1-4-15(28)5-6-18(37)56-10-9-30-17(36)7-8-31-25(40)22(39)27(2,3)12-49-55(46,47)52-54(44,45)48-11-16-21(51-53(41,42)43)20(38)26(50-16)35-14-34-19-23(29)32-13-33-24(19)35/h4,13-16,20-22,26,38-39H,1,5-12,28H2,2-3H3,(H,30,36)(H,31,40)(H,44,45)(H,46,47)(H2,29,32,33)(H2,41,42,43). The molecule has 8 unspecified atom stereocenters. The Kier molecular flexibility index (Phi) is 17.3. The number of carbonyl (C=O) groups is 3. The number of amides is 2. The maximum absolute atomic E-state index is 12.7. The first-order chi connectivity index (χ1) is 25.9. The lowest BCUT2D eigenvalue weighted by Crippen LogP contribution is -2.46. The summed E-state index contributed by atoms with van der Waals surface area (Å²) in [4.78, 5) is 87.4. The Labute approximate surface area is 323 Å². The highest BCUT2D eigenvalue weighted by Gasteiger charge is 2.50. The quantitative estimate of drug-likeness (QED) is 0.0362. The molecule has 0 aromatic carbocycles. The second kappa shape index (κ2) is 20.3. The van der Waals surface area contributed by atoms with Crippen LogP contribution < -0.4 is 22.1 Å². The summed E-state index contributed by atoms with van der Waals surface area (Å²) in [6.45, 7) is 3.97. The molecule has 3 rings (SSSR count). The first-order valence-corrected chi connectivity index (χ1v) is 21.9. The van der Waals surface area contributed by atoms with Crippen molar-refractivity contribution in [3.8, 4) is 0 Å². The molecular formula is C27H45N8O17P3S. The number of anilines is 1. The lowest BCUT2D eigenvalue weighted by molar-refractivity contribution is -0.137. The van der Waals surface area contributed by atoms with Crippen LogP contribution in [0.2, 0.25) is 0 Å². The van der Waals surface area contributed by atoms with Crippen molar-refractivity contribution in [2.45, 2.75) is 69.8 Å². The van der Waals surface area contributed by atoms with Gasteiger partial charge in [0, 0.05) is 43.1 Å². The van der Waals surface area contributed by atoms with Crippen LogP contribution in [0.15, 0.2) is 25.3 Å². The molecule has 0 radical (unpaired) electrons. The molecule has 2 aromatic rings. The number of nitrogens with two attached hydrogens (primary N) is 2. The van der Waals surface area contributed by atoms with Crippen LogP contribution in [0.25, 0.3) is 11.2 Å². The summed E-state index contributed by atoms with van der Waals surface area (Å²) < 4.78 is 62.0. The summed E-state index contributed by atoms with van der Waals surface area (Å²) in [7, 11) is -16.4. The van der Waals surface area contributed by atoms with Crippen LogP contribution >= 0.6 is 35.2 Å². The minimum absolute atomic E-state index is 0.0275. The van der Waals surface area contributed by atoms with Gasteiger partial charge in [-0.1, -0.05) is 31.7 Å². The van der Waals surface area contributed by atoms with E-state index in [0.717, 1.165) is 29.0 Å². The van der Waals surface area contributed by atoms with Gasteiger partial charge in [-0.25, -0.2) is 28.6 Å². The fraction of sp³-hybridized carbons (Fsp3) is 0.630. The number of aromatic nitrogens is 4. The monoisotopic (exact) mass is 878 g/mol. The van der Waals surface area contributed by atoms with Crippen molar-refractivity contribution >= 4 is 69.1 Å². The van der Waals surface area contributed by atoms with Gasteiger partial charge < -0.3 is 56.6 Å². The number of imidazole rings is 1. The van der Waals surface area contributed by atoms with E-state index in [2.05, 4.69) is 41.0 Å². The number of hydrogen-bond donors (Lipinski definition) is 10. The first-order valence-electron chi connectivity index (χ1n) is 16.4. The average molecular weight is 879 g/mol. The molecule has 0 spiro atoms. The SMILES string of the molecule is C=CC(N)CCC(=O)SCCNC(=O)CCNC(=O)C(O)C(C)(C)COP(=O)(O)OP(=O)(O)OCC1OC(n2cnc3c(N)ncnc32)C(O)C1OP(=O)(O)O. The molecule has 8 atom stereocenters. The van der Waals surface area contributed by atoms with E-state index in [1.54, 1.807) is 0 Å². The Morgan fingerprint density at radius 3 is 2.43 bits per heavy atom. The van der Waals surface area contributed by atoms with E-state index in [9.17, 15) is 57.9 Å². The van der Waals surface area contributed by atoms with Crippen LogP contribution in [0.5, 0.6) is 0 Å². The number of thioether (sulfide) groups is 1. The molecule has 56 heavy (non-hydrogen) atoms. The molecule has 0 aliphatic carbocycles. The van der Waals surface area contributed by atoms with Gasteiger partial charge in [0.2, 0.25) is 11.8 Å². The van der Waals surface area contributed by atoms with Crippen LogP contribution in [0.3, 0.4) is 0 Å². The lowest BCUT2D eigenvalue weighted by Gasteiger charge is -2.30. The van der Waals surface area contributed by atoms with Crippen molar-refractivity contribution in [3.63, 3.8) is 0 Å². The smallest absolute Gasteiger partial charge is 0.386 e. The Morgan fingerprint density at radius 1 is 1.09 bits per heavy atom. The molecule has 316 valence electrons. The van der Waals surface area contributed by atoms with E-state index >= 15 is 0 Å². The second-order valence-corrected chi connectivity index (χ2v) is 18.1. The summed E-state index contributed by atoms with van der Waals surface area (Å²) >= 11 is 1.03. The topological polar surface area (TPSA) is 390 Å². The van der Waals surface area contributed by atoms with E-state index in [4.69, 9.17) is 25.3 Å². The number of rotatable bonds is 23. The molecule has 1 aliphatic heterocycles. The van der Waals surface area contributed by atoms with Gasteiger partial charge in [-0.2, -0.15) is 4.31 Å². The van der Waals surface area contributed by atoms with Gasteiger partial charge in [0.1, 0.15) is 36.3 Å². The maximum atomic E-state index is 12.7. The van der Waals surface area contributed by atoms with Gasteiger partial charge in [-0.05, 0) is 6.42 Å². The number of nitrogens with zero attached hydrogens (tertiary/aromatic N) is 4. The first kappa shape index (κ1) is 47.6. The number of nitrogens with one attached hydrogen (secondary N) is 2. The Bertz CT molecular complexity index is 1850. The minimum Gasteiger partial charge on any atom is -0.386 e. The van der Waals surface area contributed by atoms with E-state index in [1.165, 1.54) is 19.9 Å². The third-order valence-corrected chi connectivity index (χ3v) is 11.8. The highest BCUT2D eigenvalue weighted by atomic mass is 32.2. The van der Waals surface area contributed by atoms with Crippen molar-refractivity contribution in [2.24, 2.45) is 11.1 Å². The summed E-state index contributed by atoms with van der Waals surface area (Å²) in [6.07, 6.45) is -4.70. The molecule has 2 aromatic heterocycles. The molecule has 0 bridgehead atoms. The Balaban J connectivity index is 1.48. The van der Waals surface area contributed by atoms with E-state index < -0.39 is 84.6 Å². The van der Waals surface area contributed by atoms with Crippen LogP contribution in [0.4, 0.5) is 5.82 Å².